The van der Waals surface area contributed by atoms with Gasteiger partial charge in [-0.1, -0.05) is 0 Å². The lowest BCUT2D eigenvalue weighted by atomic mass is 10.1. The molecule has 0 aliphatic heterocycles. The van der Waals surface area contributed by atoms with Crippen molar-refractivity contribution in [2.45, 2.75) is 53.2 Å². The minimum absolute atomic E-state index is 0.243. The Morgan fingerprint density at radius 2 is 1.88 bits per heavy atom. The van der Waals surface area contributed by atoms with E-state index in [0.29, 0.717) is 28.7 Å². The van der Waals surface area contributed by atoms with Crippen LogP contribution in [-0.2, 0) is 9.47 Å². The molecular formula is C29H29N9O3. The number of nitriles is 1. The monoisotopic (exact) mass is 551 g/mol. The summed E-state index contributed by atoms with van der Waals surface area (Å²) in [6.07, 6.45) is 0.175. The molecule has 0 aliphatic carbocycles. The van der Waals surface area contributed by atoms with E-state index in [1.807, 2.05) is 60.9 Å². The van der Waals surface area contributed by atoms with Crippen molar-refractivity contribution < 1.29 is 14.3 Å². The van der Waals surface area contributed by atoms with Crippen LogP contribution in [0.2, 0.25) is 0 Å². The predicted octanol–water partition coefficient (Wildman–Crippen LogP) is 5.64. The number of nitrogens with one attached hydrogen (secondary N) is 1. The lowest BCUT2D eigenvalue weighted by Crippen LogP contribution is -2.25. The van der Waals surface area contributed by atoms with Crippen molar-refractivity contribution in [2.75, 3.05) is 5.32 Å². The number of imidazole rings is 1. The molecule has 4 aromatic heterocycles. The number of carbonyl (C=O) groups excluding carboxylic acids is 1. The first kappa shape index (κ1) is 27.3. The van der Waals surface area contributed by atoms with Crippen molar-refractivity contribution in [3.8, 4) is 17.7 Å². The topological polar surface area (TPSA) is 146 Å². The zero-order valence-electron chi connectivity index (χ0n) is 23.6. The highest BCUT2D eigenvalue weighted by Crippen LogP contribution is 2.28. The van der Waals surface area contributed by atoms with Crippen LogP contribution in [-0.4, -0.2) is 46.3 Å². The molecule has 12 nitrogen and oxygen atoms in total. The van der Waals surface area contributed by atoms with Crippen molar-refractivity contribution in [1.82, 2.24) is 34.5 Å². The number of ether oxygens (including phenoxy) is 2. The Hall–Kier alpha value is -5.31. The highest BCUT2D eigenvalue weighted by atomic mass is 16.7. The molecular weight excluding hydrogens is 522 g/mol. The number of rotatable bonds is 6. The highest BCUT2D eigenvalue weighted by molar-refractivity contribution is 5.82. The Bertz CT molecular complexity index is 1780. The Labute approximate surface area is 236 Å². The van der Waals surface area contributed by atoms with Gasteiger partial charge in [-0.2, -0.15) is 15.5 Å². The molecule has 41 heavy (non-hydrogen) atoms. The van der Waals surface area contributed by atoms with E-state index < -0.39 is 17.9 Å². The Kier molecular flexibility index (Phi) is 7.11. The summed E-state index contributed by atoms with van der Waals surface area (Å²) in [7, 11) is 0. The van der Waals surface area contributed by atoms with E-state index in [1.165, 1.54) is 0 Å². The van der Waals surface area contributed by atoms with Crippen LogP contribution in [0.15, 0.2) is 54.9 Å². The van der Waals surface area contributed by atoms with E-state index in [1.54, 1.807) is 44.8 Å². The van der Waals surface area contributed by atoms with Gasteiger partial charge in [0.25, 0.3) is 0 Å². The van der Waals surface area contributed by atoms with E-state index >= 15 is 0 Å². The molecule has 0 fully saturated rings. The van der Waals surface area contributed by atoms with E-state index in [0.717, 1.165) is 22.4 Å². The SMILES string of the molecule is Cc1ccc(Nc2ccc3c(c2)ncn3-c2ccc([C@H](C)OC(=O)OC(C)(C)C)c(-n3nc(C#N)cc3C)n2)nn1. The van der Waals surface area contributed by atoms with E-state index in [2.05, 4.69) is 31.7 Å². The second kappa shape index (κ2) is 10.7. The van der Waals surface area contributed by atoms with Gasteiger partial charge in [-0.25, -0.2) is 19.4 Å². The van der Waals surface area contributed by atoms with Crippen molar-refractivity contribution >= 4 is 28.7 Å². The first-order valence-corrected chi connectivity index (χ1v) is 12.9. The minimum Gasteiger partial charge on any atom is -0.429 e. The van der Waals surface area contributed by atoms with E-state index in [9.17, 15) is 10.1 Å². The molecule has 0 unspecified atom stereocenters. The van der Waals surface area contributed by atoms with Gasteiger partial charge >= 0.3 is 6.16 Å². The number of fused-ring (bicyclic) bond motifs is 1. The normalized spacial score (nSPS) is 12.1. The number of aromatic nitrogens is 7. The molecule has 5 rings (SSSR count). The predicted molar refractivity (Wildman–Crippen MR) is 151 cm³/mol. The average molecular weight is 552 g/mol. The molecule has 1 aromatic carbocycles. The van der Waals surface area contributed by atoms with Crippen molar-refractivity contribution in [3.05, 3.63) is 77.5 Å². The third kappa shape index (κ3) is 5.99. The van der Waals surface area contributed by atoms with Crippen molar-refractivity contribution in [1.29, 1.82) is 5.26 Å². The maximum Gasteiger partial charge on any atom is 0.509 e. The number of benzene rings is 1. The highest BCUT2D eigenvalue weighted by Gasteiger charge is 2.24. The fourth-order valence-electron chi connectivity index (χ4n) is 4.18. The third-order valence-corrected chi connectivity index (χ3v) is 6.06. The summed E-state index contributed by atoms with van der Waals surface area (Å²) >= 11 is 0. The van der Waals surface area contributed by atoms with Crippen LogP contribution in [0.3, 0.4) is 0 Å². The Morgan fingerprint density at radius 1 is 1.07 bits per heavy atom. The molecule has 0 bridgehead atoms. The Balaban J connectivity index is 1.52. The first-order chi connectivity index (χ1) is 19.5. The quantitative estimate of drug-likeness (QED) is 0.263. The lowest BCUT2D eigenvalue weighted by molar-refractivity contribution is -0.0239. The number of nitrogens with zero attached hydrogens (tertiary/aromatic N) is 8. The molecule has 0 spiro atoms. The summed E-state index contributed by atoms with van der Waals surface area (Å²) < 4.78 is 14.3. The second-order valence-corrected chi connectivity index (χ2v) is 10.5. The van der Waals surface area contributed by atoms with Gasteiger partial charge in [-0.05, 0) is 90.1 Å². The molecule has 4 heterocycles. The van der Waals surface area contributed by atoms with Crippen LogP contribution in [0.1, 0.15) is 56.4 Å². The third-order valence-electron chi connectivity index (χ3n) is 6.06. The zero-order chi connectivity index (χ0) is 29.3. The number of hydrogen-bond acceptors (Lipinski definition) is 10. The molecule has 208 valence electrons. The number of carbonyl (C=O) groups is 1. The average Bonchev–Trinajstić information content (AvgIpc) is 3.51. The summed E-state index contributed by atoms with van der Waals surface area (Å²) in [6.45, 7) is 10.7. The Morgan fingerprint density at radius 3 is 2.56 bits per heavy atom. The molecule has 0 amide bonds. The maximum absolute atomic E-state index is 12.4. The maximum atomic E-state index is 12.4. The zero-order valence-corrected chi connectivity index (χ0v) is 23.6. The molecule has 0 radical (unpaired) electrons. The summed E-state index contributed by atoms with van der Waals surface area (Å²) in [5, 5.41) is 25.3. The van der Waals surface area contributed by atoms with Gasteiger partial charge < -0.3 is 14.8 Å². The second-order valence-electron chi connectivity index (χ2n) is 10.5. The number of aryl methyl sites for hydroxylation is 2. The summed E-state index contributed by atoms with van der Waals surface area (Å²) in [4.78, 5) is 21.9. The van der Waals surface area contributed by atoms with E-state index in [-0.39, 0.29) is 5.69 Å². The summed E-state index contributed by atoms with van der Waals surface area (Å²) in [5.41, 5.74) is 4.04. The van der Waals surface area contributed by atoms with Crippen LogP contribution in [0.5, 0.6) is 0 Å². The van der Waals surface area contributed by atoms with Crippen molar-refractivity contribution in [3.63, 3.8) is 0 Å². The van der Waals surface area contributed by atoms with Gasteiger partial charge in [0.2, 0.25) is 0 Å². The molecule has 5 aromatic rings. The smallest absolute Gasteiger partial charge is 0.429 e. The fraction of sp³-hybridized carbons (Fsp3) is 0.276. The van der Waals surface area contributed by atoms with Gasteiger partial charge in [0.1, 0.15) is 29.9 Å². The number of hydrogen-bond donors (Lipinski definition) is 1. The molecule has 0 saturated heterocycles. The van der Waals surface area contributed by atoms with Crippen molar-refractivity contribution in [2.24, 2.45) is 0 Å². The van der Waals surface area contributed by atoms with Gasteiger partial charge in [0.05, 0.1) is 16.7 Å². The first-order valence-electron chi connectivity index (χ1n) is 12.9. The number of anilines is 2. The number of pyridine rings is 1. The lowest BCUT2D eigenvalue weighted by Gasteiger charge is -2.22. The molecule has 0 aliphatic rings. The minimum atomic E-state index is -0.795. The van der Waals surface area contributed by atoms with Gasteiger partial charge in [0, 0.05) is 16.9 Å². The van der Waals surface area contributed by atoms with Crippen LogP contribution in [0.4, 0.5) is 16.3 Å². The van der Waals surface area contributed by atoms with Gasteiger partial charge in [-0.15, -0.1) is 5.10 Å². The van der Waals surface area contributed by atoms with E-state index in [4.69, 9.17) is 14.5 Å². The van der Waals surface area contributed by atoms with Crippen LogP contribution in [0.25, 0.3) is 22.7 Å². The van der Waals surface area contributed by atoms with Gasteiger partial charge in [0.15, 0.2) is 17.3 Å². The molecule has 0 saturated carbocycles. The van der Waals surface area contributed by atoms with Crippen LogP contribution >= 0.6 is 0 Å². The van der Waals surface area contributed by atoms with Gasteiger partial charge in [-0.3, -0.25) is 4.57 Å². The summed E-state index contributed by atoms with van der Waals surface area (Å²) in [6, 6.07) is 16.9. The standard InChI is InChI=1S/C29H29N9O3/c1-17-7-11-25(35-34-17)32-20-8-10-24-23(14-20)31-16-37(24)26-12-9-22(19(3)40-28(39)41-29(4,5)6)27(33-26)38-18(2)13-21(15-30)36-38/h7-14,16,19H,1-6H3,(H,32,35)/t19-/m0/s1. The summed E-state index contributed by atoms with van der Waals surface area (Å²) in [5.74, 6) is 1.61. The molecule has 1 N–H and O–H groups in total. The van der Waals surface area contributed by atoms with Crippen LogP contribution < -0.4 is 5.32 Å². The fourth-order valence-corrected chi connectivity index (χ4v) is 4.18. The molecule has 12 heteroatoms. The largest absolute Gasteiger partial charge is 0.509 e. The molecule has 1 atom stereocenters. The van der Waals surface area contributed by atoms with Crippen LogP contribution in [0, 0.1) is 25.2 Å².